The van der Waals surface area contributed by atoms with E-state index in [-0.39, 0.29) is 25.7 Å². The molecule has 0 radical (unpaired) electrons. The molecule has 21 heteroatoms. The topological polar surface area (TPSA) is 273 Å². The SMILES string of the molecule is CCCC(=O)O[C@H]1[C@H](C)O[C@@H](O[C@H]2[C@H](N(C)C)[C@@H](OP(=O)(O)O)[C@H](O[C@H]3C(CC(=O)O)C[C@@H](C)[C@@H](O)/C=C/C=C/C[C@@H](C)OC(=O)C[C@@H](O)[C@@H]3OC)O[C@@H]2C)C[C@@]1(C)OC(=O)CC. The van der Waals surface area contributed by atoms with Crippen molar-refractivity contribution in [1.29, 1.82) is 0 Å². The van der Waals surface area contributed by atoms with Gasteiger partial charge in [-0.05, 0) is 66.5 Å². The van der Waals surface area contributed by atoms with Gasteiger partial charge < -0.3 is 67.9 Å². The van der Waals surface area contributed by atoms with Gasteiger partial charge in [0.2, 0.25) is 0 Å². The van der Waals surface area contributed by atoms with Crippen LogP contribution in [0, 0.1) is 11.8 Å². The summed E-state index contributed by atoms with van der Waals surface area (Å²) < 4.78 is 66.8. The van der Waals surface area contributed by atoms with Crippen LogP contribution in [0.2, 0.25) is 0 Å². The molecule has 3 aliphatic rings. The highest BCUT2D eigenvalue weighted by Gasteiger charge is 2.56. The molecule has 2 fully saturated rings. The van der Waals surface area contributed by atoms with Gasteiger partial charge in [-0.3, -0.25) is 23.7 Å². The molecule has 0 aromatic heterocycles. The third kappa shape index (κ3) is 16.2. The Morgan fingerprint density at radius 1 is 0.952 bits per heavy atom. The van der Waals surface area contributed by atoms with Crippen LogP contribution in [0.1, 0.15) is 99.8 Å². The molecule has 0 amide bonds. The molecule has 0 spiro atoms. The first-order valence-corrected chi connectivity index (χ1v) is 23.0. The molecule has 3 aliphatic heterocycles. The van der Waals surface area contributed by atoms with Crippen LogP contribution in [0.25, 0.3) is 0 Å². The molecule has 1 unspecified atom stereocenters. The van der Waals surface area contributed by atoms with Crippen molar-refractivity contribution in [3.63, 3.8) is 0 Å². The van der Waals surface area contributed by atoms with Crippen LogP contribution < -0.4 is 0 Å². The number of cyclic esters (lactones) is 1. The molecule has 5 N–H and O–H groups in total. The fourth-order valence-corrected chi connectivity index (χ4v) is 8.93. The lowest BCUT2D eigenvalue weighted by atomic mass is 9.82. The number of carboxylic acids is 1. The van der Waals surface area contributed by atoms with Crippen LogP contribution in [0.15, 0.2) is 24.3 Å². The van der Waals surface area contributed by atoms with E-state index in [1.54, 1.807) is 78.8 Å². The second kappa shape index (κ2) is 24.6. The van der Waals surface area contributed by atoms with Gasteiger partial charge in [0.15, 0.2) is 24.3 Å². The molecule has 63 heavy (non-hydrogen) atoms. The van der Waals surface area contributed by atoms with Crippen LogP contribution in [0.3, 0.4) is 0 Å². The second-order valence-electron chi connectivity index (χ2n) is 17.1. The maximum absolute atomic E-state index is 13.0. The number of aliphatic carboxylic acids is 1. The zero-order chi connectivity index (χ0) is 47.4. The molecular weight excluding hydrogens is 853 g/mol. The number of esters is 3. The van der Waals surface area contributed by atoms with Gasteiger partial charge in [-0.1, -0.05) is 45.1 Å². The minimum atomic E-state index is -5.39. The van der Waals surface area contributed by atoms with Crippen LogP contribution in [0.4, 0.5) is 0 Å². The molecule has 0 bridgehead atoms. The number of rotatable bonds is 15. The number of hydrogen-bond donors (Lipinski definition) is 5. The van der Waals surface area contributed by atoms with Gasteiger partial charge in [-0.2, -0.15) is 0 Å². The standard InChI is InChI=1S/C42H70NO19P/c1-11-16-32(49)58-40-26(6)56-34(22-42(40,7)61-31(48)12-2)59-36-25(5)57-41(39(35(36)43(8)9)62-63(51,52)53)60-37-27(20-30(46)47)19-23(3)28(44)18-15-13-14-17-24(4)55-33(50)21-29(45)38(37)54-10/h13-15,18,23-29,34-41,44-45H,11-12,16-17,19-22H2,1-10H3,(H,46,47)(H2,51,52,53)/b14-13+,18-15+/t23-,24-,25-,26+,27?,28+,29-,34+,35+,36-,37+,38+,39-,40+,41+,42-/m1/s1. The molecule has 3 rings (SSSR count). The van der Waals surface area contributed by atoms with Crippen molar-refractivity contribution in [2.75, 3.05) is 21.2 Å². The van der Waals surface area contributed by atoms with E-state index >= 15 is 0 Å². The Morgan fingerprint density at radius 3 is 2.22 bits per heavy atom. The Balaban J connectivity index is 2.11. The number of phosphoric ester groups is 1. The fraction of sp³-hybridized carbons (Fsp3) is 0.810. The molecule has 0 aromatic rings. The van der Waals surface area contributed by atoms with Gasteiger partial charge >= 0.3 is 31.7 Å². The normalized spacial score (nSPS) is 38.6. The van der Waals surface area contributed by atoms with Gasteiger partial charge in [0, 0.05) is 32.8 Å². The van der Waals surface area contributed by atoms with E-state index in [1.165, 1.54) is 13.2 Å². The number of allylic oxidation sites excluding steroid dienone is 2. The lowest BCUT2D eigenvalue weighted by Gasteiger charge is -2.51. The number of carbonyl (C=O) groups excluding carboxylic acids is 3. The van der Waals surface area contributed by atoms with Crippen molar-refractivity contribution in [2.24, 2.45) is 11.8 Å². The molecule has 0 aliphatic carbocycles. The summed E-state index contributed by atoms with van der Waals surface area (Å²) in [7, 11) is -0.995. The third-order valence-electron chi connectivity index (χ3n) is 11.4. The quantitative estimate of drug-likeness (QED) is 0.0896. The third-order valence-corrected chi connectivity index (χ3v) is 11.9. The number of carbonyl (C=O) groups is 4. The van der Waals surface area contributed by atoms with Gasteiger partial charge in [0.05, 0.1) is 49.4 Å². The Hall–Kier alpha value is -2.85. The van der Waals surface area contributed by atoms with E-state index in [0.29, 0.717) is 12.8 Å². The number of aliphatic hydroxyl groups is 2. The summed E-state index contributed by atoms with van der Waals surface area (Å²) in [6.45, 7) is 11.6. The number of likely N-dealkylation sites (N-methyl/N-ethyl adjacent to an activating group) is 1. The fourth-order valence-electron chi connectivity index (χ4n) is 8.39. The second-order valence-corrected chi connectivity index (χ2v) is 18.3. The van der Waals surface area contributed by atoms with Crippen molar-refractivity contribution in [1.82, 2.24) is 4.90 Å². The van der Waals surface area contributed by atoms with Crippen molar-refractivity contribution < 1.29 is 91.3 Å². The maximum atomic E-state index is 13.0. The summed E-state index contributed by atoms with van der Waals surface area (Å²) >= 11 is 0. The number of aliphatic hydroxyl groups excluding tert-OH is 2. The molecule has 2 saturated heterocycles. The van der Waals surface area contributed by atoms with Crippen LogP contribution in [0.5, 0.6) is 0 Å². The first-order valence-electron chi connectivity index (χ1n) is 21.5. The van der Waals surface area contributed by atoms with Gasteiger partial charge in [0.25, 0.3) is 0 Å². The summed E-state index contributed by atoms with van der Waals surface area (Å²) in [4.78, 5) is 73.1. The highest BCUT2D eigenvalue weighted by atomic mass is 31.2. The van der Waals surface area contributed by atoms with Gasteiger partial charge in [-0.25, -0.2) is 4.57 Å². The Morgan fingerprint density at radius 2 is 1.63 bits per heavy atom. The summed E-state index contributed by atoms with van der Waals surface area (Å²) in [6, 6.07) is -1.12. The smallest absolute Gasteiger partial charge is 0.470 e. The highest BCUT2D eigenvalue weighted by Crippen LogP contribution is 2.45. The van der Waals surface area contributed by atoms with Crippen molar-refractivity contribution >= 4 is 31.7 Å². The van der Waals surface area contributed by atoms with E-state index in [1.807, 2.05) is 6.92 Å². The van der Waals surface area contributed by atoms with E-state index in [2.05, 4.69) is 0 Å². The van der Waals surface area contributed by atoms with Gasteiger partial charge in [0.1, 0.15) is 24.4 Å². The first-order chi connectivity index (χ1) is 29.4. The van der Waals surface area contributed by atoms with Crippen molar-refractivity contribution in [3.05, 3.63) is 24.3 Å². The van der Waals surface area contributed by atoms with Gasteiger partial charge in [-0.15, -0.1) is 0 Å². The zero-order valence-corrected chi connectivity index (χ0v) is 38.9. The number of phosphoric acid groups is 1. The lowest BCUT2D eigenvalue weighted by Crippen LogP contribution is -2.66. The average molecular weight is 924 g/mol. The Bertz CT molecular complexity index is 1610. The predicted octanol–water partition coefficient (Wildman–Crippen LogP) is 3.16. The number of hydrogen-bond acceptors (Lipinski definition) is 17. The lowest BCUT2D eigenvalue weighted by molar-refractivity contribution is -0.342. The van der Waals surface area contributed by atoms with E-state index in [9.17, 15) is 48.8 Å². The molecule has 20 nitrogen and oxygen atoms in total. The summed E-state index contributed by atoms with van der Waals surface area (Å²) in [6.07, 6.45) is -8.69. The number of methoxy groups -OCH3 is 1. The van der Waals surface area contributed by atoms with E-state index in [0.717, 1.165) is 0 Å². The first kappa shape index (κ1) is 54.5. The highest BCUT2D eigenvalue weighted by molar-refractivity contribution is 7.46. The molecule has 0 saturated carbocycles. The minimum absolute atomic E-state index is 0.0255. The number of nitrogens with zero attached hydrogens (tertiary/aromatic N) is 1. The van der Waals surface area contributed by atoms with Crippen LogP contribution >= 0.6 is 7.82 Å². The van der Waals surface area contributed by atoms with Crippen molar-refractivity contribution in [3.8, 4) is 0 Å². The summed E-state index contributed by atoms with van der Waals surface area (Å²) in [5, 5.41) is 32.8. The summed E-state index contributed by atoms with van der Waals surface area (Å²) in [5.74, 6) is -4.82. The largest absolute Gasteiger partial charge is 0.481 e. The summed E-state index contributed by atoms with van der Waals surface area (Å²) in [5.41, 5.74) is -1.43. The number of ether oxygens (including phenoxy) is 8. The molecule has 362 valence electrons. The van der Waals surface area contributed by atoms with Crippen LogP contribution in [-0.2, 0) is 66.2 Å². The monoisotopic (exact) mass is 923 g/mol. The minimum Gasteiger partial charge on any atom is -0.481 e. The molecular formula is C42H70NO19P. The average Bonchev–Trinajstić information content (AvgIpc) is 3.16. The van der Waals surface area contributed by atoms with E-state index in [4.69, 9.17) is 42.4 Å². The maximum Gasteiger partial charge on any atom is 0.470 e. The number of carboxylic acid groups (broad SMARTS) is 1. The van der Waals surface area contributed by atoms with E-state index < -0.39 is 142 Å². The zero-order valence-electron chi connectivity index (χ0n) is 38.0. The predicted molar refractivity (Wildman–Crippen MR) is 222 cm³/mol. The molecule has 0 aromatic carbocycles. The Kier molecular flexibility index (Phi) is 21.3. The molecule has 16 atom stereocenters. The van der Waals surface area contributed by atoms with Crippen LogP contribution in [-0.4, -0.2) is 160 Å². The molecule has 3 heterocycles. The van der Waals surface area contributed by atoms with Crippen molar-refractivity contribution in [2.45, 2.75) is 185 Å². The Labute approximate surface area is 369 Å².